The number of aromatic carboxylic acids is 1. The Labute approximate surface area is 139 Å². The van der Waals surface area contributed by atoms with Gasteiger partial charge in [0.25, 0.3) is 0 Å². The number of carboxylic acid groups (broad SMARTS) is 1. The van der Waals surface area contributed by atoms with E-state index in [1.807, 2.05) is 0 Å². The van der Waals surface area contributed by atoms with Crippen LogP contribution in [0.5, 0.6) is 0 Å². The molecule has 1 saturated carbocycles. The highest BCUT2D eigenvalue weighted by molar-refractivity contribution is 9.11. The molecule has 1 aromatic carbocycles. The molecule has 1 amide bonds. The number of carbonyl (C=O) groups excluding carboxylic acids is 1. The van der Waals surface area contributed by atoms with E-state index in [2.05, 4.69) is 37.2 Å². The molecule has 0 heterocycles. The molecule has 1 fully saturated rings. The standard InChI is InChI=1S/C14H15Br2NO4/c1-21-14(3-2-4-14)7-11(18)17-12-9(13(19)20)5-8(15)6-10(12)16/h5-6H,2-4,7H2,1H3,(H,17,18)(H,19,20). The van der Waals surface area contributed by atoms with Crippen molar-refractivity contribution in [3.05, 3.63) is 26.6 Å². The summed E-state index contributed by atoms with van der Waals surface area (Å²) in [7, 11) is 1.60. The van der Waals surface area contributed by atoms with Crippen LogP contribution in [-0.2, 0) is 9.53 Å². The highest BCUT2D eigenvalue weighted by Gasteiger charge is 2.39. The van der Waals surface area contributed by atoms with Gasteiger partial charge >= 0.3 is 5.97 Å². The molecule has 0 aromatic heterocycles. The Balaban J connectivity index is 2.19. The molecule has 0 spiro atoms. The number of anilines is 1. The number of amides is 1. The zero-order valence-corrected chi connectivity index (χ0v) is 14.6. The smallest absolute Gasteiger partial charge is 0.337 e. The largest absolute Gasteiger partial charge is 0.478 e. The third kappa shape index (κ3) is 3.64. The Morgan fingerprint density at radius 1 is 1.38 bits per heavy atom. The molecule has 5 nitrogen and oxygen atoms in total. The van der Waals surface area contributed by atoms with Gasteiger partial charge in [0.15, 0.2) is 0 Å². The third-order valence-corrected chi connectivity index (χ3v) is 4.81. The molecule has 2 N–H and O–H groups in total. The SMILES string of the molecule is COC1(CC(=O)Nc2c(Br)cc(Br)cc2C(=O)O)CCC1. The Kier molecular flexibility index (Phi) is 5.06. The molecule has 114 valence electrons. The molecule has 0 saturated heterocycles. The van der Waals surface area contributed by atoms with E-state index in [1.54, 1.807) is 13.2 Å². The lowest BCUT2D eigenvalue weighted by molar-refractivity contribution is -0.129. The summed E-state index contributed by atoms with van der Waals surface area (Å²) in [6, 6.07) is 3.15. The van der Waals surface area contributed by atoms with Gasteiger partial charge in [-0.25, -0.2) is 4.79 Å². The first kappa shape index (κ1) is 16.5. The van der Waals surface area contributed by atoms with Crippen molar-refractivity contribution in [2.75, 3.05) is 12.4 Å². The van der Waals surface area contributed by atoms with E-state index < -0.39 is 11.6 Å². The minimum atomic E-state index is -1.10. The van der Waals surface area contributed by atoms with Crippen LogP contribution in [0.25, 0.3) is 0 Å². The van der Waals surface area contributed by atoms with Gasteiger partial charge in [-0.2, -0.15) is 0 Å². The summed E-state index contributed by atoms with van der Waals surface area (Å²) in [5, 5.41) is 11.9. The minimum Gasteiger partial charge on any atom is -0.478 e. The van der Waals surface area contributed by atoms with E-state index in [1.165, 1.54) is 6.07 Å². The van der Waals surface area contributed by atoms with Gasteiger partial charge in [-0.05, 0) is 47.3 Å². The highest BCUT2D eigenvalue weighted by atomic mass is 79.9. The fourth-order valence-corrected chi connectivity index (χ4v) is 3.69. The number of methoxy groups -OCH3 is 1. The summed E-state index contributed by atoms with van der Waals surface area (Å²) in [6.07, 6.45) is 2.98. The summed E-state index contributed by atoms with van der Waals surface area (Å²) in [4.78, 5) is 23.5. The molecule has 1 aliphatic carbocycles. The fourth-order valence-electron chi connectivity index (χ4n) is 2.37. The van der Waals surface area contributed by atoms with Gasteiger partial charge in [0.1, 0.15) is 0 Å². The van der Waals surface area contributed by atoms with Crippen molar-refractivity contribution in [2.24, 2.45) is 0 Å². The molecule has 21 heavy (non-hydrogen) atoms. The third-order valence-electron chi connectivity index (χ3n) is 3.73. The van der Waals surface area contributed by atoms with E-state index in [9.17, 15) is 14.7 Å². The zero-order valence-electron chi connectivity index (χ0n) is 11.4. The molecule has 0 radical (unpaired) electrons. The fraction of sp³-hybridized carbons (Fsp3) is 0.429. The van der Waals surface area contributed by atoms with Crippen molar-refractivity contribution in [3.8, 4) is 0 Å². The summed E-state index contributed by atoms with van der Waals surface area (Å²) < 4.78 is 6.55. The van der Waals surface area contributed by atoms with Gasteiger partial charge in [-0.15, -0.1) is 0 Å². The second-order valence-electron chi connectivity index (χ2n) is 5.08. The Morgan fingerprint density at radius 3 is 2.52 bits per heavy atom. The van der Waals surface area contributed by atoms with E-state index in [-0.39, 0.29) is 23.6 Å². The summed E-state index contributed by atoms with van der Waals surface area (Å²) in [5.41, 5.74) is -0.0964. The lowest BCUT2D eigenvalue weighted by Gasteiger charge is -2.39. The summed E-state index contributed by atoms with van der Waals surface area (Å²) in [5.74, 6) is -1.35. The molecular weight excluding hydrogens is 406 g/mol. The number of carboxylic acids is 1. The molecule has 1 aliphatic rings. The lowest BCUT2D eigenvalue weighted by atomic mass is 9.77. The van der Waals surface area contributed by atoms with Gasteiger partial charge in [0.05, 0.1) is 23.3 Å². The summed E-state index contributed by atoms with van der Waals surface area (Å²) >= 11 is 6.52. The first-order valence-electron chi connectivity index (χ1n) is 6.44. The zero-order chi connectivity index (χ0) is 15.6. The minimum absolute atomic E-state index is 0.0321. The number of carbonyl (C=O) groups is 2. The van der Waals surface area contributed by atoms with Crippen molar-refractivity contribution in [3.63, 3.8) is 0 Å². The monoisotopic (exact) mass is 419 g/mol. The van der Waals surface area contributed by atoms with Crippen LogP contribution in [0.15, 0.2) is 21.1 Å². The van der Waals surface area contributed by atoms with Crippen LogP contribution in [-0.4, -0.2) is 29.7 Å². The number of ether oxygens (including phenoxy) is 1. The number of hydrogen-bond donors (Lipinski definition) is 2. The Bertz CT molecular complexity index is 579. The second-order valence-corrected chi connectivity index (χ2v) is 6.85. The Morgan fingerprint density at radius 2 is 2.05 bits per heavy atom. The number of nitrogens with one attached hydrogen (secondary N) is 1. The second kappa shape index (κ2) is 6.46. The first-order valence-corrected chi connectivity index (χ1v) is 8.03. The van der Waals surface area contributed by atoms with Crippen molar-refractivity contribution in [1.82, 2.24) is 0 Å². The van der Waals surface area contributed by atoms with Crippen LogP contribution in [0.4, 0.5) is 5.69 Å². The topological polar surface area (TPSA) is 75.6 Å². The maximum atomic E-state index is 12.2. The van der Waals surface area contributed by atoms with Crippen LogP contribution in [0.2, 0.25) is 0 Å². The van der Waals surface area contributed by atoms with Crippen molar-refractivity contribution in [2.45, 2.75) is 31.3 Å². The van der Waals surface area contributed by atoms with E-state index in [0.29, 0.717) is 8.95 Å². The molecule has 0 atom stereocenters. The van der Waals surface area contributed by atoms with Gasteiger partial charge in [0, 0.05) is 16.1 Å². The molecule has 0 unspecified atom stereocenters. The number of hydrogen-bond acceptors (Lipinski definition) is 3. The van der Waals surface area contributed by atoms with Crippen molar-refractivity contribution in [1.29, 1.82) is 0 Å². The van der Waals surface area contributed by atoms with E-state index in [0.717, 1.165) is 19.3 Å². The first-order chi connectivity index (χ1) is 9.87. The molecule has 1 aromatic rings. The quantitative estimate of drug-likeness (QED) is 0.759. The lowest BCUT2D eigenvalue weighted by Crippen LogP contribution is -2.42. The summed E-state index contributed by atoms with van der Waals surface area (Å²) in [6.45, 7) is 0. The van der Waals surface area contributed by atoms with Crippen LogP contribution >= 0.6 is 31.9 Å². The predicted octanol–water partition coefficient (Wildman–Crippen LogP) is 3.81. The average molecular weight is 421 g/mol. The van der Waals surface area contributed by atoms with E-state index >= 15 is 0 Å². The van der Waals surface area contributed by atoms with Crippen LogP contribution < -0.4 is 5.32 Å². The van der Waals surface area contributed by atoms with Crippen LogP contribution in [0, 0.1) is 0 Å². The van der Waals surface area contributed by atoms with Gasteiger partial charge in [-0.3, -0.25) is 4.79 Å². The van der Waals surface area contributed by atoms with Gasteiger partial charge < -0.3 is 15.2 Å². The van der Waals surface area contributed by atoms with Crippen molar-refractivity contribution >= 4 is 49.4 Å². The molecule has 7 heteroatoms. The van der Waals surface area contributed by atoms with Crippen molar-refractivity contribution < 1.29 is 19.4 Å². The van der Waals surface area contributed by atoms with E-state index in [4.69, 9.17) is 4.74 Å². The Hall–Kier alpha value is -0.920. The number of benzene rings is 1. The van der Waals surface area contributed by atoms with Crippen LogP contribution in [0.1, 0.15) is 36.0 Å². The number of rotatable bonds is 5. The van der Waals surface area contributed by atoms with Crippen LogP contribution in [0.3, 0.4) is 0 Å². The molecule has 2 rings (SSSR count). The van der Waals surface area contributed by atoms with Gasteiger partial charge in [-0.1, -0.05) is 15.9 Å². The molecule has 0 aliphatic heterocycles. The van der Waals surface area contributed by atoms with Gasteiger partial charge in [0.2, 0.25) is 5.91 Å². The maximum Gasteiger partial charge on any atom is 0.337 e. The maximum absolute atomic E-state index is 12.2. The normalized spacial score (nSPS) is 16.1. The highest BCUT2D eigenvalue weighted by Crippen LogP contribution is 2.38. The number of halogens is 2. The molecule has 0 bridgehead atoms. The molecular formula is C14H15Br2NO4. The average Bonchev–Trinajstić information content (AvgIpc) is 2.36. The predicted molar refractivity (Wildman–Crippen MR) is 85.6 cm³/mol.